The summed E-state index contributed by atoms with van der Waals surface area (Å²) < 4.78 is 0. The van der Waals surface area contributed by atoms with E-state index in [4.69, 9.17) is 5.73 Å². The van der Waals surface area contributed by atoms with Crippen LogP contribution in [0.25, 0.3) is 10.9 Å². The number of hydrogen-bond donors (Lipinski definition) is 9. The summed E-state index contributed by atoms with van der Waals surface area (Å²) in [6.45, 7) is 9.62. The molecule has 1 aromatic heterocycles. The molecule has 1 fully saturated rings. The quantitative estimate of drug-likeness (QED) is 0.133. The number of rotatable bonds is 13. The molecule has 0 radical (unpaired) electrons. The fraction of sp³-hybridized carbons (Fsp3) is 0.625. The van der Waals surface area contributed by atoms with Crippen molar-refractivity contribution >= 4 is 52.4 Å². The molecule has 2 heterocycles. The Balaban J connectivity index is 1.95. The van der Waals surface area contributed by atoms with Crippen molar-refractivity contribution in [2.45, 2.75) is 129 Å². The minimum Gasteiger partial charge on any atom is -0.480 e. The van der Waals surface area contributed by atoms with Gasteiger partial charge in [-0.3, -0.25) is 24.0 Å². The molecular formula is C40H63N9O8. The molecule has 0 unspecified atom stereocenters. The second-order valence-electron chi connectivity index (χ2n) is 15.8. The first-order chi connectivity index (χ1) is 27.0. The number of likely N-dealkylation sites (N-methyl/N-ethyl adjacent to an activating group) is 1. The molecule has 3 rings (SSSR count). The standard InChI is InChI=1S/C40H63N9O8/c1-23(2)19-32-38(54)49(6)33(20-24(3)4)37(53)45-31(21-26-22-43-28-14-8-7-13-27(26)28)35(51)42-18-12-10-15-29(36(52)44-25(5)34(50)46-32)47-40(57)48-30(39(55)56)16-9-11-17-41/h7-8,13-14,22-25,29-33,43H,9-12,15-21,41H2,1-6H3,(H,42,51)(H,44,52)(H,45,53)(H,46,50)(H,55,56)(H2,47,48,57)/t25-,29+,30-,31-,32-,33-/m0/s1. The van der Waals surface area contributed by atoms with Crippen LogP contribution in [0.1, 0.15) is 91.5 Å². The van der Waals surface area contributed by atoms with E-state index in [1.54, 1.807) is 6.20 Å². The maximum Gasteiger partial charge on any atom is 0.326 e. The zero-order chi connectivity index (χ0) is 42.2. The Kier molecular flexibility index (Phi) is 18.3. The highest BCUT2D eigenvalue weighted by Gasteiger charge is 2.36. The minimum absolute atomic E-state index is 0.0123. The third kappa shape index (κ3) is 14.4. The van der Waals surface area contributed by atoms with E-state index in [0.717, 1.165) is 16.5 Å². The number of nitrogens with one attached hydrogen (secondary N) is 7. The van der Waals surface area contributed by atoms with Crippen molar-refractivity contribution in [1.82, 2.24) is 41.8 Å². The van der Waals surface area contributed by atoms with Gasteiger partial charge in [-0.25, -0.2) is 9.59 Å². The van der Waals surface area contributed by atoms with Gasteiger partial charge in [-0.1, -0.05) is 45.9 Å². The van der Waals surface area contributed by atoms with Gasteiger partial charge in [0.05, 0.1) is 0 Å². The van der Waals surface area contributed by atoms with Gasteiger partial charge in [-0.2, -0.15) is 0 Å². The number of carbonyl (C=O) groups excluding carboxylic acids is 6. The topological polar surface area (TPSA) is 257 Å². The molecule has 1 saturated heterocycles. The van der Waals surface area contributed by atoms with Gasteiger partial charge in [0, 0.05) is 37.1 Å². The van der Waals surface area contributed by atoms with Gasteiger partial charge < -0.3 is 52.6 Å². The molecule has 316 valence electrons. The van der Waals surface area contributed by atoms with Gasteiger partial charge in [-0.15, -0.1) is 0 Å². The second kappa shape index (κ2) is 22.5. The van der Waals surface area contributed by atoms with Crippen LogP contribution >= 0.6 is 0 Å². The smallest absolute Gasteiger partial charge is 0.326 e. The molecule has 1 aliphatic heterocycles. The lowest BCUT2D eigenvalue weighted by atomic mass is 9.97. The number of urea groups is 1. The number of carbonyl (C=O) groups is 7. The predicted octanol–water partition coefficient (Wildman–Crippen LogP) is 1.65. The number of carboxylic acids is 1. The summed E-state index contributed by atoms with van der Waals surface area (Å²) in [5.41, 5.74) is 7.21. The number of carboxylic acid groups (broad SMARTS) is 1. The molecule has 0 spiro atoms. The number of hydrogen-bond acceptors (Lipinski definition) is 8. The fourth-order valence-corrected chi connectivity index (χ4v) is 6.84. The van der Waals surface area contributed by atoms with E-state index in [1.165, 1.54) is 18.9 Å². The lowest BCUT2D eigenvalue weighted by molar-refractivity contribution is -0.143. The van der Waals surface area contributed by atoms with Crippen molar-refractivity contribution in [1.29, 1.82) is 0 Å². The van der Waals surface area contributed by atoms with Gasteiger partial charge in [0.2, 0.25) is 29.5 Å². The zero-order valence-electron chi connectivity index (χ0n) is 34.1. The first-order valence-electron chi connectivity index (χ1n) is 20.0. The highest BCUT2D eigenvalue weighted by Crippen LogP contribution is 2.21. The molecule has 10 N–H and O–H groups in total. The Morgan fingerprint density at radius 1 is 0.895 bits per heavy atom. The average Bonchev–Trinajstić information content (AvgIpc) is 3.56. The summed E-state index contributed by atoms with van der Waals surface area (Å²) in [6.07, 6.45) is 4.45. The largest absolute Gasteiger partial charge is 0.480 e. The highest BCUT2D eigenvalue weighted by molar-refractivity contribution is 5.96. The van der Waals surface area contributed by atoms with Crippen molar-refractivity contribution in [2.75, 3.05) is 20.1 Å². The molecule has 0 bridgehead atoms. The van der Waals surface area contributed by atoms with Gasteiger partial charge in [0.25, 0.3) is 0 Å². The molecule has 1 aliphatic rings. The van der Waals surface area contributed by atoms with Crippen LogP contribution in [0.3, 0.4) is 0 Å². The molecular weight excluding hydrogens is 734 g/mol. The van der Waals surface area contributed by atoms with Crippen LogP contribution in [0.15, 0.2) is 30.5 Å². The maximum absolute atomic E-state index is 14.2. The number of H-pyrrole nitrogens is 1. The minimum atomic E-state index is -1.24. The Morgan fingerprint density at radius 2 is 1.58 bits per heavy atom. The van der Waals surface area contributed by atoms with Crippen molar-refractivity contribution in [3.63, 3.8) is 0 Å². The molecule has 0 aliphatic carbocycles. The molecule has 0 saturated carbocycles. The summed E-state index contributed by atoms with van der Waals surface area (Å²) in [6, 6.07) is 0.167. The fourth-order valence-electron chi connectivity index (χ4n) is 6.84. The van der Waals surface area contributed by atoms with Crippen molar-refractivity contribution in [2.24, 2.45) is 17.6 Å². The number of fused-ring (bicyclic) bond motifs is 1. The van der Waals surface area contributed by atoms with Gasteiger partial charge in [-0.05, 0) is 88.3 Å². The van der Waals surface area contributed by atoms with E-state index in [2.05, 4.69) is 36.9 Å². The number of amides is 7. The van der Waals surface area contributed by atoms with E-state index in [-0.39, 0.29) is 50.5 Å². The lowest BCUT2D eigenvalue weighted by Gasteiger charge is -2.33. The Bertz CT molecular complexity index is 1700. The number of unbranched alkanes of at least 4 members (excludes halogenated alkanes) is 1. The van der Waals surface area contributed by atoms with Crippen molar-refractivity contribution in [3.8, 4) is 0 Å². The number of nitrogens with zero attached hydrogens (tertiary/aromatic N) is 1. The number of nitrogens with two attached hydrogens (primary N) is 1. The van der Waals surface area contributed by atoms with E-state index in [9.17, 15) is 38.7 Å². The van der Waals surface area contributed by atoms with Crippen LogP contribution in [0.4, 0.5) is 4.79 Å². The number of aromatic nitrogens is 1. The molecule has 6 atom stereocenters. The van der Waals surface area contributed by atoms with E-state index < -0.39 is 77.8 Å². The molecule has 17 heteroatoms. The number of aromatic amines is 1. The maximum atomic E-state index is 14.2. The van der Waals surface area contributed by atoms with Crippen LogP contribution in [-0.2, 0) is 35.2 Å². The van der Waals surface area contributed by atoms with Gasteiger partial charge in [0.1, 0.15) is 36.3 Å². The summed E-state index contributed by atoms with van der Waals surface area (Å²) in [5.74, 6) is -4.10. The van der Waals surface area contributed by atoms with Crippen molar-refractivity contribution in [3.05, 3.63) is 36.0 Å². The molecule has 17 nitrogen and oxygen atoms in total. The average molecular weight is 798 g/mol. The lowest BCUT2D eigenvalue weighted by Crippen LogP contribution is -2.59. The van der Waals surface area contributed by atoms with E-state index in [1.807, 2.05) is 52.0 Å². The highest BCUT2D eigenvalue weighted by atomic mass is 16.4. The van der Waals surface area contributed by atoms with Gasteiger partial charge >= 0.3 is 12.0 Å². The third-order valence-electron chi connectivity index (χ3n) is 10.0. The number of para-hydroxylation sites is 1. The Labute approximate surface area is 334 Å². The Morgan fingerprint density at radius 3 is 2.25 bits per heavy atom. The summed E-state index contributed by atoms with van der Waals surface area (Å²) in [4.78, 5) is 98.8. The Hall–Kier alpha value is -5.19. The summed E-state index contributed by atoms with van der Waals surface area (Å²) in [7, 11) is 1.51. The molecule has 7 amide bonds. The van der Waals surface area contributed by atoms with Crippen LogP contribution in [-0.4, -0.2) is 113 Å². The number of benzene rings is 1. The van der Waals surface area contributed by atoms with E-state index in [0.29, 0.717) is 32.2 Å². The van der Waals surface area contributed by atoms with Crippen LogP contribution in [0.2, 0.25) is 0 Å². The van der Waals surface area contributed by atoms with E-state index >= 15 is 0 Å². The van der Waals surface area contributed by atoms with Crippen LogP contribution in [0, 0.1) is 11.8 Å². The third-order valence-corrected chi connectivity index (χ3v) is 10.0. The summed E-state index contributed by atoms with van der Waals surface area (Å²) >= 11 is 0. The summed E-state index contributed by atoms with van der Waals surface area (Å²) in [5, 5.41) is 26.7. The molecule has 1 aromatic carbocycles. The van der Waals surface area contributed by atoms with Crippen LogP contribution in [0.5, 0.6) is 0 Å². The monoisotopic (exact) mass is 797 g/mol. The SMILES string of the molecule is CC(C)C[C@@H]1NC(=O)[C@H](C)NC(=O)[C@H](NC(=O)N[C@@H](CCCCN)C(=O)O)CCCCNC(=O)[C@H](Cc2c[nH]c3ccccc23)NC(=O)[C@H](CC(C)C)N(C)C1=O. The van der Waals surface area contributed by atoms with Crippen molar-refractivity contribution < 1.29 is 38.7 Å². The zero-order valence-corrected chi connectivity index (χ0v) is 34.1. The first kappa shape index (κ1) is 46.2. The van der Waals surface area contributed by atoms with Crippen LogP contribution < -0.4 is 37.6 Å². The molecule has 2 aromatic rings. The first-order valence-corrected chi connectivity index (χ1v) is 20.0. The second-order valence-corrected chi connectivity index (χ2v) is 15.8. The number of aliphatic carboxylic acids is 1. The predicted molar refractivity (Wildman–Crippen MR) is 216 cm³/mol. The molecule has 57 heavy (non-hydrogen) atoms. The normalized spacial score (nSPS) is 22.8. The van der Waals surface area contributed by atoms with Gasteiger partial charge in [0.15, 0.2) is 0 Å².